The van der Waals surface area contributed by atoms with Crippen LogP contribution in [0.2, 0.25) is 0 Å². The maximum absolute atomic E-state index is 13.5. The lowest BCUT2D eigenvalue weighted by molar-refractivity contribution is -0.0831. The summed E-state index contributed by atoms with van der Waals surface area (Å²) in [5.41, 5.74) is -1.36. The number of para-hydroxylation sites is 1. The number of aromatic nitrogens is 3. The van der Waals surface area contributed by atoms with Crippen LogP contribution in [0.4, 0.5) is 8.78 Å². The second kappa shape index (κ2) is 9.01. The molecule has 0 aliphatic heterocycles. The van der Waals surface area contributed by atoms with Crippen LogP contribution in [0.5, 0.6) is 5.75 Å². The van der Waals surface area contributed by atoms with Crippen molar-refractivity contribution in [2.75, 3.05) is 6.61 Å². The van der Waals surface area contributed by atoms with Gasteiger partial charge in [0.2, 0.25) is 0 Å². The monoisotopic (exact) mass is 399 g/mol. The SMILES string of the molecule is CC(C)(C)C(O)(CCCCCOc1c(F)cccc1F)Cn1ncnc1S. The molecule has 0 bridgehead atoms. The Bertz CT molecular complexity index is 729. The van der Waals surface area contributed by atoms with Crippen LogP contribution < -0.4 is 4.74 Å². The predicted molar refractivity (Wildman–Crippen MR) is 102 cm³/mol. The summed E-state index contributed by atoms with van der Waals surface area (Å²) in [7, 11) is 0. The Morgan fingerprint density at radius 3 is 2.37 bits per heavy atom. The molecule has 0 aliphatic carbocycles. The van der Waals surface area contributed by atoms with Gasteiger partial charge in [0.25, 0.3) is 0 Å². The van der Waals surface area contributed by atoms with Gasteiger partial charge in [-0.2, -0.15) is 5.10 Å². The van der Waals surface area contributed by atoms with E-state index < -0.39 is 17.2 Å². The third kappa shape index (κ3) is 5.65. The highest BCUT2D eigenvalue weighted by molar-refractivity contribution is 7.80. The fraction of sp³-hybridized carbons (Fsp3) is 0.579. The van der Waals surface area contributed by atoms with Gasteiger partial charge in [-0.1, -0.05) is 33.3 Å². The summed E-state index contributed by atoms with van der Waals surface area (Å²) in [5.74, 6) is -1.74. The Labute approximate surface area is 164 Å². The van der Waals surface area contributed by atoms with Gasteiger partial charge in [-0.15, -0.1) is 12.6 Å². The van der Waals surface area contributed by atoms with Crippen molar-refractivity contribution < 1.29 is 18.6 Å². The van der Waals surface area contributed by atoms with Crippen molar-refractivity contribution >= 4 is 12.6 Å². The number of nitrogens with zero attached hydrogens (tertiary/aromatic N) is 3. The van der Waals surface area contributed by atoms with Crippen molar-refractivity contribution in [2.45, 2.75) is 63.8 Å². The molecule has 27 heavy (non-hydrogen) atoms. The third-order valence-corrected chi connectivity index (χ3v) is 5.15. The number of halogens is 2. The Hall–Kier alpha value is -1.67. The molecule has 5 nitrogen and oxygen atoms in total. The van der Waals surface area contributed by atoms with Crippen LogP contribution >= 0.6 is 12.6 Å². The Balaban J connectivity index is 1.83. The lowest BCUT2D eigenvalue weighted by atomic mass is 9.73. The van der Waals surface area contributed by atoms with Crippen LogP contribution in [-0.2, 0) is 6.54 Å². The molecule has 1 unspecified atom stereocenters. The van der Waals surface area contributed by atoms with Gasteiger partial charge in [0.15, 0.2) is 22.5 Å². The number of unbranched alkanes of at least 4 members (excludes halogenated alkanes) is 2. The minimum Gasteiger partial charge on any atom is -0.488 e. The van der Waals surface area contributed by atoms with Crippen molar-refractivity contribution in [3.63, 3.8) is 0 Å². The molecular weight excluding hydrogens is 372 g/mol. The normalized spacial score (nSPS) is 14.2. The zero-order valence-electron chi connectivity index (χ0n) is 16.0. The standard InChI is InChI=1S/C19H27F2N3O2S/c1-18(2,3)19(25,12-24-17(27)22-13-23-24)10-5-4-6-11-26-16-14(20)8-7-9-15(16)21/h7-9,13,25H,4-6,10-12H2,1-3H3,(H,22,23,27). The molecule has 0 aliphatic rings. The summed E-state index contributed by atoms with van der Waals surface area (Å²) in [5, 5.41) is 15.8. The summed E-state index contributed by atoms with van der Waals surface area (Å²) in [6.45, 7) is 6.45. The highest BCUT2D eigenvalue weighted by Gasteiger charge is 2.40. The van der Waals surface area contributed by atoms with Crippen LogP contribution in [0.1, 0.15) is 46.5 Å². The van der Waals surface area contributed by atoms with Gasteiger partial charge in [0.05, 0.1) is 18.8 Å². The first kappa shape index (κ1) is 21.6. The molecule has 1 N–H and O–H groups in total. The first-order chi connectivity index (χ1) is 12.6. The Kier molecular flexibility index (Phi) is 7.22. The highest BCUT2D eigenvalue weighted by atomic mass is 32.1. The molecule has 0 spiro atoms. The van der Waals surface area contributed by atoms with Crippen molar-refractivity contribution in [1.82, 2.24) is 14.8 Å². The molecule has 0 saturated heterocycles. The molecule has 8 heteroatoms. The van der Waals surface area contributed by atoms with Gasteiger partial charge in [-0.25, -0.2) is 18.4 Å². The quantitative estimate of drug-likeness (QED) is 0.489. The van der Waals surface area contributed by atoms with E-state index in [9.17, 15) is 13.9 Å². The van der Waals surface area contributed by atoms with E-state index in [-0.39, 0.29) is 17.8 Å². The van der Waals surface area contributed by atoms with Gasteiger partial charge in [-0.3, -0.25) is 0 Å². The minimum absolute atomic E-state index is 0.218. The first-order valence-corrected chi connectivity index (χ1v) is 9.45. The second-order valence-corrected chi connectivity index (χ2v) is 8.11. The average molecular weight is 400 g/mol. The fourth-order valence-electron chi connectivity index (χ4n) is 2.80. The minimum atomic E-state index is -0.989. The third-order valence-electron chi connectivity index (χ3n) is 4.80. The van der Waals surface area contributed by atoms with Crippen molar-refractivity contribution in [1.29, 1.82) is 0 Å². The summed E-state index contributed by atoms with van der Waals surface area (Å²) < 4.78 is 33.8. The fourth-order valence-corrected chi connectivity index (χ4v) is 2.97. The molecule has 1 aromatic heterocycles. The summed E-state index contributed by atoms with van der Waals surface area (Å²) in [4.78, 5) is 3.97. The molecule has 0 amide bonds. The molecule has 1 heterocycles. The van der Waals surface area contributed by atoms with E-state index in [2.05, 4.69) is 22.7 Å². The maximum Gasteiger partial charge on any atom is 0.190 e. The number of thiol groups is 1. The zero-order chi connectivity index (χ0) is 20.1. The maximum atomic E-state index is 13.5. The Morgan fingerprint density at radius 1 is 1.15 bits per heavy atom. The number of hydrogen-bond donors (Lipinski definition) is 2. The average Bonchev–Trinajstić information content (AvgIpc) is 2.96. The van der Waals surface area contributed by atoms with E-state index in [1.165, 1.54) is 24.5 Å². The van der Waals surface area contributed by atoms with Gasteiger partial charge in [0, 0.05) is 0 Å². The smallest absolute Gasteiger partial charge is 0.190 e. The highest BCUT2D eigenvalue weighted by Crippen LogP contribution is 2.36. The zero-order valence-corrected chi connectivity index (χ0v) is 16.8. The van der Waals surface area contributed by atoms with E-state index in [0.717, 1.165) is 12.8 Å². The van der Waals surface area contributed by atoms with Gasteiger partial charge in [0.1, 0.15) is 6.33 Å². The Morgan fingerprint density at radius 2 is 1.81 bits per heavy atom. The van der Waals surface area contributed by atoms with E-state index in [0.29, 0.717) is 24.5 Å². The molecule has 1 atom stereocenters. The van der Waals surface area contributed by atoms with Crippen molar-refractivity contribution in [2.24, 2.45) is 5.41 Å². The molecule has 2 aromatic rings. The van der Waals surface area contributed by atoms with Crippen LogP contribution in [0.15, 0.2) is 29.7 Å². The van der Waals surface area contributed by atoms with E-state index >= 15 is 0 Å². The molecule has 0 saturated carbocycles. The molecule has 2 rings (SSSR count). The van der Waals surface area contributed by atoms with E-state index in [1.54, 1.807) is 4.68 Å². The molecular formula is C19H27F2N3O2S. The molecule has 150 valence electrons. The second-order valence-electron chi connectivity index (χ2n) is 7.71. The number of hydrogen-bond acceptors (Lipinski definition) is 5. The predicted octanol–water partition coefficient (Wildman–Crippen LogP) is 4.26. The lowest BCUT2D eigenvalue weighted by Crippen LogP contribution is -2.46. The number of benzene rings is 1. The van der Waals surface area contributed by atoms with Crippen molar-refractivity contribution in [3.8, 4) is 5.75 Å². The van der Waals surface area contributed by atoms with Crippen molar-refractivity contribution in [3.05, 3.63) is 36.2 Å². The first-order valence-electron chi connectivity index (χ1n) is 9.00. The van der Waals surface area contributed by atoms with Crippen LogP contribution in [0.25, 0.3) is 0 Å². The molecule has 0 radical (unpaired) electrons. The van der Waals surface area contributed by atoms with Gasteiger partial charge < -0.3 is 9.84 Å². The largest absolute Gasteiger partial charge is 0.488 e. The summed E-state index contributed by atoms with van der Waals surface area (Å²) in [6.07, 6.45) is 4.10. The number of aliphatic hydroxyl groups is 1. The van der Waals surface area contributed by atoms with Crippen LogP contribution in [0, 0.1) is 17.0 Å². The van der Waals surface area contributed by atoms with Gasteiger partial charge in [-0.05, 0) is 36.8 Å². The lowest BCUT2D eigenvalue weighted by Gasteiger charge is -2.40. The summed E-state index contributed by atoms with van der Waals surface area (Å²) >= 11 is 4.25. The number of rotatable bonds is 9. The summed E-state index contributed by atoms with van der Waals surface area (Å²) in [6, 6.07) is 3.64. The number of ether oxygens (including phenoxy) is 1. The molecule has 0 fully saturated rings. The topological polar surface area (TPSA) is 60.2 Å². The van der Waals surface area contributed by atoms with Gasteiger partial charge >= 0.3 is 0 Å². The van der Waals surface area contributed by atoms with E-state index in [4.69, 9.17) is 4.74 Å². The van der Waals surface area contributed by atoms with E-state index in [1.807, 2.05) is 20.8 Å². The van der Waals surface area contributed by atoms with Crippen LogP contribution in [-0.4, -0.2) is 32.1 Å². The van der Waals surface area contributed by atoms with Crippen LogP contribution in [0.3, 0.4) is 0 Å². The molecule has 1 aromatic carbocycles.